The summed E-state index contributed by atoms with van der Waals surface area (Å²) in [4.78, 5) is 30.5. The van der Waals surface area contributed by atoms with E-state index >= 15 is 0 Å². The van der Waals surface area contributed by atoms with E-state index in [1.807, 2.05) is 32.7 Å². The van der Waals surface area contributed by atoms with Crippen LogP contribution in [0.4, 0.5) is 0 Å². The van der Waals surface area contributed by atoms with E-state index in [-0.39, 0.29) is 11.9 Å². The molecule has 26 heavy (non-hydrogen) atoms. The molecular weight excluding hydrogens is 332 g/mol. The molecular formula is C18H24N6O2. The maximum atomic E-state index is 13.0. The lowest BCUT2D eigenvalue weighted by Gasteiger charge is -2.37. The lowest BCUT2D eigenvalue weighted by molar-refractivity contribution is 0.0522. The summed E-state index contributed by atoms with van der Waals surface area (Å²) in [5, 5.41) is 4.17. The molecule has 0 spiro atoms. The van der Waals surface area contributed by atoms with E-state index in [0.29, 0.717) is 36.2 Å². The molecule has 3 heterocycles. The van der Waals surface area contributed by atoms with Crippen LogP contribution in [0.1, 0.15) is 64.1 Å². The number of carbonyl (C=O) groups excluding carboxylic acids is 1. The maximum Gasteiger partial charge on any atom is 0.274 e. The number of hydrogen-bond donors (Lipinski definition) is 0. The highest BCUT2D eigenvalue weighted by Gasteiger charge is 2.35. The van der Waals surface area contributed by atoms with Gasteiger partial charge < -0.3 is 9.42 Å². The number of aryl methyl sites for hydroxylation is 3. The van der Waals surface area contributed by atoms with Crippen molar-refractivity contribution in [3.05, 3.63) is 34.5 Å². The molecule has 0 unspecified atom stereocenters. The fourth-order valence-electron chi connectivity index (χ4n) is 3.28. The number of carbonyl (C=O) groups is 1. The van der Waals surface area contributed by atoms with Gasteiger partial charge in [-0.1, -0.05) is 5.16 Å². The van der Waals surface area contributed by atoms with E-state index in [4.69, 9.17) is 4.52 Å². The van der Waals surface area contributed by atoms with Crippen LogP contribution in [0.25, 0.3) is 0 Å². The lowest BCUT2D eigenvalue weighted by atomic mass is 10.1. The van der Waals surface area contributed by atoms with E-state index in [2.05, 4.69) is 25.0 Å². The van der Waals surface area contributed by atoms with Crippen molar-refractivity contribution in [2.75, 3.05) is 26.7 Å². The Hall–Kier alpha value is -2.35. The van der Waals surface area contributed by atoms with Crippen LogP contribution in [-0.4, -0.2) is 62.5 Å². The maximum absolute atomic E-state index is 13.0. The minimum absolute atomic E-state index is 0.0660. The molecule has 1 amide bonds. The summed E-state index contributed by atoms with van der Waals surface area (Å²) in [6, 6.07) is -0.0660. The van der Waals surface area contributed by atoms with Gasteiger partial charge in [-0.3, -0.25) is 14.7 Å². The zero-order valence-corrected chi connectivity index (χ0v) is 15.7. The van der Waals surface area contributed by atoms with Crippen molar-refractivity contribution in [2.24, 2.45) is 0 Å². The molecule has 138 valence electrons. The largest absolute Gasteiger partial charge is 0.339 e. The Morgan fingerprint density at radius 3 is 2.50 bits per heavy atom. The number of hydrogen-bond acceptors (Lipinski definition) is 7. The molecule has 1 aliphatic carbocycles. The predicted molar refractivity (Wildman–Crippen MR) is 93.8 cm³/mol. The highest BCUT2D eigenvalue weighted by molar-refractivity contribution is 5.93. The lowest BCUT2D eigenvalue weighted by Crippen LogP contribution is -2.49. The average molecular weight is 356 g/mol. The second-order valence-electron chi connectivity index (χ2n) is 7.34. The average Bonchev–Trinajstić information content (AvgIpc) is 3.35. The number of piperazine rings is 1. The molecule has 8 heteroatoms. The molecule has 0 radical (unpaired) electrons. The third-order valence-corrected chi connectivity index (χ3v) is 5.30. The van der Waals surface area contributed by atoms with Gasteiger partial charge >= 0.3 is 0 Å². The molecule has 2 aromatic rings. The molecule has 2 aromatic heterocycles. The zero-order chi connectivity index (χ0) is 18.4. The van der Waals surface area contributed by atoms with Crippen molar-refractivity contribution in [1.82, 2.24) is 29.9 Å². The van der Waals surface area contributed by atoms with Crippen molar-refractivity contribution < 1.29 is 9.32 Å². The van der Waals surface area contributed by atoms with Gasteiger partial charge in [-0.2, -0.15) is 4.98 Å². The van der Waals surface area contributed by atoms with E-state index < -0.39 is 0 Å². The summed E-state index contributed by atoms with van der Waals surface area (Å²) >= 11 is 0. The summed E-state index contributed by atoms with van der Waals surface area (Å²) in [5.41, 5.74) is 2.75. The van der Waals surface area contributed by atoms with Gasteiger partial charge in [0.15, 0.2) is 5.82 Å². The number of aromatic nitrogens is 4. The first-order valence-corrected chi connectivity index (χ1v) is 9.09. The van der Waals surface area contributed by atoms with Crippen LogP contribution in [0.15, 0.2) is 4.52 Å². The third kappa shape index (κ3) is 3.09. The molecule has 1 atom stereocenters. The van der Waals surface area contributed by atoms with Gasteiger partial charge in [-0.25, -0.2) is 4.98 Å². The quantitative estimate of drug-likeness (QED) is 0.828. The standard InChI is InChI=1S/C18H24N6O2/c1-10-11(2)20-15(12(3)19-10)18(25)24-8-7-23(4)14(9-24)16-21-17(26-22-16)13-5-6-13/h13-14H,5-9H2,1-4H3/t14-/m0/s1. The molecule has 0 aromatic carbocycles. The Balaban J connectivity index is 1.55. The molecule has 4 rings (SSSR count). The van der Waals surface area contributed by atoms with Gasteiger partial charge in [0, 0.05) is 25.6 Å². The van der Waals surface area contributed by atoms with Crippen molar-refractivity contribution >= 4 is 5.91 Å². The number of nitrogens with zero attached hydrogens (tertiary/aromatic N) is 6. The smallest absolute Gasteiger partial charge is 0.274 e. The molecule has 8 nitrogen and oxygen atoms in total. The molecule has 1 aliphatic heterocycles. The Kier molecular flexibility index (Phi) is 4.22. The molecule has 2 aliphatic rings. The van der Waals surface area contributed by atoms with Crippen LogP contribution in [0.3, 0.4) is 0 Å². The number of likely N-dealkylation sites (N-methyl/N-ethyl adjacent to an activating group) is 1. The first-order valence-electron chi connectivity index (χ1n) is 9.09. The van der Waals surface area contributed by atoms with Gasteiger partial charge in [0.2, 0.25) is 5.89 Å². The molecule has 0 N–H and O–H groups in total. The van der Waals surface area contributed by atoms with Gasteiger partial charge in [0.05, 0.1) is 23.1 Å². The molecule has 1 saturated carbocycles. The van der Waals surface area contributed by atoms with Crippen LogP contribution < -0.4 is 0 Å². The highest BCUT2D eigenvalue weighted by atomic mass is 16.5. The SMILES string of the molecule is Cc1nc(C)c(C(=O)N2CCN(C)[C@H](c3noc(C4CC4)n3)C2)nc1C. The van der Waals surface area contributed by atoms with Crippen LogP contribution in [-0.2, 0) is 0 Å². The van der Waals surface area contributed by atoms with Crippen LogP contribution in [0.2, 0.25) is 0 Å². The molecule has 0 bridgehead atoms. The topological polar surface area (TPSA) is 88.3 Å². The number of amides is 1. The van der Waals surface area contributed by atoms with Crippen molar-refractivity contribution in [2.45, 2.75) is 45.6 Å². The summed E-state index contributed by atoms with van der Waals surface area (Å²) in [5.74, 6) is 1.74. The van der Waals surface area contributed by atoms with E-state index in [1.165, 1.54) is 0 Å². The van der Waals surface area contributed by atoms with Gasteiger partial charge in [0.1, 0.15) is 5.69 Å². The minimum atomic E-state index is -0.0814. The normalized spacial score (nSPS) is 21.2. The van der Waals surface area contributed by atoms with Crippen molar-refractivity contribution in [3.8, 4) is 0 Å². The Morgan fingerprint density at radius 1 is 1.04 bits per heavy atom. The minimum Gasteiger partial charge on any atom is -0.339 e. The van der Waals surface area contributed by atoms with Gasteiger partial charge in [-0.05, 0) is 40.7 Å². The van der Waals surface area contributed by atoms with Gasteiger partial charge in [-0.15, -0.1) is 0 Å². The zero-order valence-electron chi connectivity index (χ0n) is 15.7. The van der Waals surface area contributed by atoms with Crippen LogP contribution >= 0.6 is 0 Å². The first-order chi connectivity index (χ1) is 12.4. The monoisotopic (exact) mass is 356 g/mol. The van der Waals surface area contributed by atoms with Crippen molar-refractivity contribution in [3.63, 3.8) is 0 Å². The molecule has 1 saturated heterocycles. The first kappa shape index (κ1) is 17.1. The van der Waals surface area contributed by atoms with E-state index in [1.54, 1.807) is 0 Å². The Bertz CT molecular complexity index is 844. The third-order valence-electron chi connectivity index (χ3n) is 5.30. The highest BCUT2D eigenvalue weighted by Crippen LogP contribution is 2.39. The molecule has 2 fully saturated rings. The van der Waals surface area contributed by atoms with Crippen LogP contribution in [0, 0.1) is 20.8 Å². The van der Waals surface area contributed by atoms with Gasteiger partial charge in [0.25, 0.3) is 5.91 Å². The van der Waals surface area contributed by atoms with E-state index in [9.17, 15) is 4.79 Å². The second kappa shape index (κ2) is 6.42. The van der Waals surface area contributed by atoms with E-state index in [0.717, 1.165) is 36.7 Å². The van der Waals surface area contributed by atoms with Crippen LogP contribution in [0.5, 0.6) is 0 Å². The van der Waals surface area contributed by atoms with Crippen molar-refractivity contribution in [1.29, 1.82) is 0 Å². The fourth-order valence-corrected chi connectivity index (χ4v) is 3.28. The predicted octanol–water partition coefficient (Wildman–Crippen LogP) is 1.79. The Labute approximate surface area is 152 Å². The second-order valence-corrected chi connectivity index (χ2v) is 7.34. The number of rotatable bonds is 3. The fraction of sp³-hybridized carbons (Fsp3) is 0.611. The summed E-state index contributed by atoms with van der Waals surface area (Å²) in [7, 11) is 2.03. The summed E-state index contributed by atoms with van der Waals surface area (Å²) in [6.07, 6.45) is 2.24. The summed E-state index contributed by atoms with van der Waals surface area (Å²) < 4.78 is 5.40. The Morgan fingerprint density at radius 2 is 1.77 bits per heavy atom. The summed E-state index contributed by atoms with van der Waals surface area (Å²) in [6.45, 7) is 7.54.